The molecular formula is C36H37Cl2N5O4. The van der Waals surface area contributed by atoms with E-state index in [1.165, 1.54) is 12.3 Å². The Hall–Kier alpha value is -4.34. The van der Waals surface area contributed by atoms with Gasteiger partial charge in [-0.1, -0.05) is 29.3 Å². The van der Waals surface area contributed by atoms with Crippen molar-refractivity contribution >= 4 is 46.0 Å². The van der Waals surface area contributed by atoms with Crippen LogP contribution in [0.4, 0.5) is 0 Å². The number of aromatic carboxylic acids is 1. The highest BCUT2D eigenvalue weighted by molar-refractivity contribution is 6.35. The van der Waals surface area contributed by atoms with Gasteiger partial charge >= 0.3 is 5.97 Å². The summed E-state index contributed by atoms with van der Waals surface area (Å²) in [6, 6.07) is 11.0. The number of pyridine rings is 1. The molecule has 0 bridgehead atoms. The molecule has 2 aromatic carbocycles. The first-order valence-electron chi connectivity index (χ1n) is 15.7. The maximum atomic E-state index is 14.5. The van der Waals surface area contributed by atoms with Crippen LogP contribution in [0, 0.1) is 27.7 Å². The van der Waals surface area contributed by atoms with Crippen LogP contribution in [0.1, 0.15) is 67.5 Å². The molecule has 0 radical (unpaired) electrons. The minimum Gasteiger partial charge on any atom is -0.494 e. The molecule has 0 spiro atoms. The molecule has 0 saturated carbocycles. The van der Waals surface area contributed by atoms with Crippen LogP contribution >= 0.6 is 23.2 Å². The molecule has 1 N–H and O–H groups in total. The summed E-state index contributed by atoms with van der Waals surface area (Å²) in [7, 11) is 1.92. The number of carboxylic acids is 1. The predicted molar refractivity (Wildman–Crippen MR) is 184 cm³/mol. The van der Waals surface area contributed by atoms with Crippen LogP contribution in [0.5, 0.6) is 5.75 Å². The zero-order valence-corrected chi connectivity index (χ0v) is 28.7. The lowest BCUT2D eigenvalue weighted by molar-refractivity contribution is 0.0693. The summed E-state index contributed by atoms with van der Waals surface area (Å²) in [6.07, 6.45) is 3.35. The van der Waals surface area contributed by atoms with Gasteiger partial charge in [-0.05, 0) is 94.0 Å². The molecule has 0 aliphatic carbocycles. The monoisotopic (exact) mass is 673 g/mol. The molecule has 1 aliphatic rings. The molecule has 6 rings (SSSR count). The summed E-state index contributed by atoms with van der Waals surface area (Å²) in [5.41, 5.74) is 8.92. The summed E-state index contributed by atoms with van der Waals surface area (Å²) >= 11 is 13.4. The van der Waals surface area contributed by atoms with Gasteiger partial charge in [-0.3, -0.25) is 14.5 Å². The molecule has 244 valence electrons. The number of aromatic nitrogens is 4. The third kappa shape index (κ3) is 6.10. The van der Waals surface area contributed by atoms with Crippen molar-refractivity contribution in [1.29, 1.82) is 0 Å². The smallest absolute Gasteiger partial charge is 0.337 e. The van der Waals surface area contributed by atoms with E-state index in [2.05, 4.69) is 14.6 Å². The Morgan fingerprint density at radius 2 is 1.77 bits per heavy atom. The molecule has 11 heteroatoms. The van der Waals surface area contributed by atoms with E-state index in [4.69, 9.17) is 27.9 Å². The zero-order valence-electron chi connectivity index (χ0n) is 27.2. The zero-order chi connectivity index (χ0) is 33.6. The van der Waals surface area contributed by atoms with Crippen LogP contribution < -0.4 is 4.74 Å². The highest BCUT2D eigenvalue weighted by Gasteiger charge is 2.32. The fraction of sp³-hybridized carbons (Fsp3) is 0.333. The maximum absolute atomic E-state index is 14.5. The number of hydrogen-bond donors (Lipinski definition) is 1. The molecule has 0 unspecified atom stereocenters. The van der Waals surface area contributed by atoms with E-state index in [0.29, 0.717) is 48.9 Å². The molecule has 4 heterocycles. The number of hydrogen-bond acceptors (Lipinski definition) is 5. The van der Waals surface area contributed by atoms with E-state index in [-0.39, 0.29) is 18.0 Å². The van der Waals surface area contributed by atoms with Crippen molar-refractivity contribution in [2.24, 2.45) is 7.05 Å². The number of rotatable bonds is 9. The molecule has 0 atom stereocenters. The van der Waals surface area contributed by atoms with Gasteiger partial charge in [0.1, 0.15) is 11.4 Å². The van der Waals surface area contributed by atoms with Crippen LogP contribution in [0.15, 0.2) is 42.6 Å². The molecule has 1 aliphatic heterocycles. The van der Waals surface area contributed by atoms with Crippen LogP contribution in [0.2, 0.25) is 10.0 Å². The van der Waals surface area contributed by atoms with Gasteiger partial charge in [0.2, 0.25) is 0 Å². The van der Waals surface area contributed by atoms with Crippen LogP contribution in [-0.4, -0.2) is 54.4 Å². The lowest BCUT2D eigenvalue weighted by atomic mass is 9.98. The summed E-state index contributed by atoms with van der Waals surface area (Å²) in [5, 5.41) is 16.3. The van der Waals surface area contributed by atoms with Gasteiger partial charge in [-0.15, -0.1) is 0 Å². The Kier molecular flexibility index (Phi) is 9.05. The Morgan fingerprint density at radius 3 is 2.40 bits per heavy atom. The van der Waals surface area contributed by atoms with E-state index in [1.54, 1.807) is 6.07 Å². The Morgan fingerprint density at radius 1 is 1.02 bits per heavy atom. The van der Waals surface area contributed by atoms with E-state index < -0.39 is 5.97 Å². The van der Waals surface area contributed by atoms with Gasteiger partial charge in [0.25, 0.3) is 5.91 Å². The Labute approximate surface area is 283 Å². The molecule has 9 nitrogen and oxygen atoms in total. The summed E-state index contributed by atoms with van der Waals surface area (Å²) in [6.45, 7) is 9.84. The number of carbonyl (C=O) groups excluding carboxylic acids is 1. The van der Waals surface area contributed by atoms with E-state index in [1.807, 2.05) is 68.6 Å². The van der Waals surface area contributed by atoms with Crippen molar-refractivity contribution in [1.82, 2.24) is 24.2 Å². The first-order valence-corrected chi connectivity index (χ1v) is 16.4. The number of carbonyl (C=O) groups is 2. The van der Waals surface area contributed by atoms with Crippen LogP contribution in [0.3, 0.4) is 0 Å². The summed E-state index contributed by atoms with van der Waals surface area (Å²) < 4.78 is 10.2. The fourth-order valence-electron chi connectivity index (χ4n) is 6.68. The van der Waals surface area contributed by atoms with E-state index in [0.717, 1.165) is 67.3 Å². The van der Waals surface area contributed by atoms with Gasteiger partial charge in [0.15, 0.2) is 0 Å². The van der Waals surface area contributed by atoms with Gasteiger partial charge in [-0.25, -0.2) is 4.79 Å². The minimum absolute atomic E-state index is 0.0932. The van der Waals surface area contributed by atoms with Crippen molar-refractivity contribution in [3.8, 4) is 16.9 Å². The van der Waals surface area contributed by atoms with Crippen molar-refractivity contribution in [3.05, 3.63) is 97.7 Å². The highest BCUT2D eigenvalue weighted by atomic mass is 35.5. The van der Waals surface area contributed by atoms with Crippen molar-refractivity contribution in [2.75, 3.05) is 13.2 Å². The highest BCUT2D eigenvalue weighted by Crippen LogP contribution is 2.43. The molecule has 5 aromatic rings. The largest absolute Gasteiger partial charge is 0.494 e. The molecule has 1 amide bonds. The number of halogens is 2. The quantitative estimate of drug-likeness (QED) is 0.161. The first-order chi connectivity index (χ1) is 22.5. The molecular weight excluding hydrogens is 637 g/mol. The maximum Gasteiger partial charge on any atom is 0.337 e. The summed E-state index contributed by atoms with van der Waals surface area (Å²) in [4.78, 5) is 32.0. The average molecular weight is 675 g/mol. The lowest BCUT2D eigenvalue weighted by Crippen LogP contribution is -2.31. The number of fused-ring (bicyclic) bond motifs is 3. The number of aryl methyl sites for hydroxylation is 6. The number of amides is 1. The number of benzene rings is 2. The molecule has 47 heavy (non-hydrogen) atoms. The molecule has 3 aromatic heterocycles. The second kappa shape index (κ2) is 13.0. The van der Waals surface area contributed by atoms with Crippen LogP contribution in [0.25, 0.3) is 22.0 Å². The second-order valence-electron chi connectivity index (χ2n) is 12.2. The van der Waals surface area contributed by atoms with Crippen molar-refractivity contribution < 1.29 is 19.4 Å². The fourth-order valence-corrected chi connectivity index (χ4v) is 7.03. The first kappa shape index (κ1) is 32.6. The number of ether oxygens (including phenoxy) is 1. The van der Waals surface area contributed by atoms with Gasteiger partial charge in [0.05, 0.1) is 40.6 Å². The lowest BCUT2D eigenvalue weighted by Gasteiger charge is -2.20. The molecule has 0 fully saturated rings. The second-order valence-corrected chi connectivity index (χ2v) is 13.0. The Balaban J connectivity index is 1.41. The third-order valence-electron chi connectivity index (χ3n) is 9.01. The van der Waals surface area contributed by atoms with E-state index in [9.17, 15) is 14.7 Å². The number of carboxylic acid groups (broad SMARTS) is 1. The predicted octanol–water partition coefficient (Wildman–Crippen LogP) is 7.73. The minimum atomic E-state index is -1.04. The van der Waals surface area contributed by atoms with E-state index >= 15 is 0 Å². The third-order valence-corrected chi connectivity index (χ3v) is 9.92. The SMILES string of the molecule is Cc1cc(OCCCc2c3n(c4c(-c5c(C)nn(C)c5C)c(Cl)ccc24)CCCN(Cc2ccc(C(=O)O)cn2)C3=O)cc(C)c1Cl. The Bertz CT molecular complexity index is 2010. The normalized spacial score (nSPS) is 13.3. The topological polar surface area (TPSA) is 102 Å². The van der Waals surface area contributed by atoms with Crippen molar-refractivity contribution in [2.45, 2.75) is 60.0 Å². The van der Waals surface area contributed by atoms with Crippen LogP contribution in [-0.2, 0) is 26.6 Å². The number of nitrogens with zero attached hydrogens (tertiary/aromatic N) is 5. The van der Waals surface area contributed by atoms with Gasteiger partial charge in [0, 0.05) is 53.6 Å². The summed E-state index contributed by atoms with van der Waals surface area (Å²) in [5.74, 6) is -0.363. The average Bonchev–Trinajstić information content (AvgIpc) is 3.41. The van der Waals surface area contributed by atoms with Crippen molar-refractivity contribution in [3.63, 3.8) is 0 Å². The van der Waals surface area contributed by atoms with Gasteiger partial charge in [-0.2, -0.15) is 5.10 Å². The van der Waals surface area contributed by atoms with Gasteiger partial charge < -0.3 is 19.3 Å². The molecule has 0 saturated heterocycles. The standard InChI is InChI=1S/C36H37Cl2N5O4/c1-20-16-26(17-21(2)32(20)38)47-15-6-8-27-28-11-12-29(37)31(30-22(3)40-41(5)23(30)4)33(28)43-14-7-13-42(35(44)34(27)43)19-25-10-9-24(18-39-25)36(45)46/h9-12,16-18H,6-8,13-15,19H2,1-5H3,(H,45,46).